The van der Waals surface area contributed by atoms with Crippen LogP contribution in [0.3, 0.4) is 0 Å². The molecule has 0 spiro atoms. The minimum atomic E-state index is 0.591. The van der Waals surface area contributed by atoms with Crippen LogP contribution < -0.4 is 21.2 Å². The molecule has 0 saturated heterocycles. The zero-order chi connectivity index (χ0) is 30.8. The number of benzene rings is 6. The highest BCUT2D eigenvalue weighted by molar-refractivity contribution is 7.56. The van der Waals surface area contributed by atoms with Gasteiger partial charge in [-0.25, -0.2) is 0 Å². The van der Waals surface area contributed by atoms with E-state index in [1.807, 2.05) is 0 Å². The van der Waals surface area contributed by atoms with Crippen LogP contribution >= 0.6 is 17.2 Å². The van der Waals surface area contributed by atoms with E-state index in [2.05, 4.69) is 163 Å². The summed E-state index contributed by atoms with van der Waals surface area (Å²) in [6.45, 7) is 13.3. The van der Waals surface area contributed by atoms with E-state index in [-0.39, 0.29) is 0 Å². The predicted octanol–water partition coefficient (Wildman–Crippen LogP) is 9.80. The maximum atomic E-state index is 2.40. The maximum absolute atomic E-state index is 2.40. The van der Waals surface area contributed by atoms with Crippen molar-refractivity contribution in [3.05, 3.63) is 155 Å². The number of hydrogen-bond acceptors (Lipinski definition) is 0. The molecule has 0 amide bonds. The van der Waals surface area contributed by atoms with Crippen LogP contribution in [0.2, 0.25) is 0 Å². The Kier molecular flexibility index (Phi) is 8.96. The summed E-state index contributed by atoms with van der Waals surface area (Å²) in [5.74, 6) is 0. The highest BCUT2D eigenvalue weighted by Gasteiger charge is 2.20. The minimum Gasteiger partial charge on any atom is -0.0616 e. The smallest absolute Gasteiger partial charge is 0.00667 e. The first-order valence-corrected chi connectivity index (χ1v) is 17.4. The maximum Gasteiger partial charge on any atom is -0.00667 e. The molecule has 218 valence electrons. The quantitative estimate of drug-likeness (QED) is 0.159. The van der Waals surface area contributed by atoms with Gasteiger partial charge in [0.05, 0.1) is 0 Å². The van der Waals surface area contributed by atoms with E-state index in [0.29, 0.717) is 17.2 Å². The highest BCUT2D eigenvalue weighted by Crippen LogP contribution is 2.42. The molecule has 0 aliphatic rings. The Bertz CT molecular complexity index is 1950. The number of aryl methyl sites for hydroxylation is 5. The third kappa shape index (κ3) is 6.49. The summed E-state index contributed by atoms with van der Waals surface area (Å²) in [4.78, 5) is 0. The molecule has 2 heteroatoms. The van der Waals surface area contributed by atoms with E-state index in [9.17, 15) is 0 Å². The predicted molar refractivity (Wildman–Crippen MR) is 199 cm³/mol. The molecule has 44 heavy (non-hydrogen) atoms. The standard InChI is InChI=1S/C42H40P2/c1-27-11-18-33(19-12-27)43-40-23-15-29(3)25-38(40)36-10-8-7-9-35(36)37-22-17-31(5)32(6)42(37)39-26-30(4)16-24-41(39)44-34-20-13-28(2)14-21-34/h7-26,43-44H,1-6H3. The van der Waals surface area contributed by atoms with Gasteiger partial charge in [-0.15, -0.1) is 0 Å². The molecule has 2 unspecified atom stereocenters. The molecule has 0 bridgehead atoms. The van der Waals surface area contributed by atoms with Crippen molar-refractivity contribution in [1.82, 2.24) is 0 Å². The van der Waals surface area contributed by atoms with Crippen LogP contribution in [-0.2, 0) is 0 Å². The van der Waals surface area contributed by atoms with Crippen molar-refractivity contribution in [2.75, 3.05) is 0 Å². The number of rotatable bonds is 7. The van der Waals surface area contributed by atoms with Crippen LogP contribution in [0.15, 0.2) is 121 Å². The summed E-state index contributed by atoms with van der Waals surface area (Å²) in [5, 5.41) is 5.51. The van der Waals surface area contributed by atoms with Crippen molar-refractivity contribution in [2.45, 2.75) is 41.5 Å². The Morgan fingerprint density at radius 1 is 0.364 bits per heavy atom. The molecule has 0 nitrogen and oxygen atoms in total. The first kappa shape index (κ1) is 30.2. The van der Waals surface area contributed by atoms with E-state index in [1.165, 1.54) is 88.0 Å². The summed E-state index contributed by atoms with van der Waals surface area (Å²) >= 11 is 0. The molecule has 0 fully saturated rings. The largest absolute Gasteiger partial charge is 0.0616 e. The molecule has 0 N–H and O–H groups in total. The Labute approximate surface area is 267 Å². The van der Waals surface area contributed by atoms with Crippen LogP contribution in [-0.4, -0.2) is 0 Å². The molecule has 0 radical (unpaired) electrons. The van der Waals surface area contributed by atoms with Crippen molar-refractivity contribution in [2.24, 2.45) is 0 Å². The fourth-order valence-electron chi connectivity index (χ4n) is 5.89. The molecule has 0 aliphatic carbocycles. The van der Waals surface area contributed by atoms with Gasteiger partial charge in [-0.3, -0.25) is 0 Å². The zero-order valence-corrected chi connectivity index (χ0v) is 28.5. The van der Waals surface area contributed by atoms with Crippen molar-refractivity contribution in [3.63, 3.8) is 0 Å². The van der Waals surface area contributed by atoms with Gasteiger partial charge >= 0.3 is 0 Å². The first-order valence-electron chi connectivity index (χ1n) is 15.4. The molecule has 6 aromatic carbocycles. The van der Waals surface area contributed by atoms with Gasteiger partial charge in [0, 0.05) is 0 Å². The normalized spacial score (nSPS) is 11.7. The van der Waals surface area contributed by atoms with Crippen molar-refractivity contribution in [3.8, 4) is 33.4 Å². The van der Waals surface area contributed by atoms with Gasteiger partial charge in [0.25, 0.3) is 0 Å². The summed E-state index contributed by atoms with van der Waals surface area (Å²) in [6, 6.07) is 45.7. The highest BCUT2D eigenvalue weighted by atomic mass is 31.1. The Hall–Kier alpha value is -3.82. The SMILES string of the molecule is Cc1ccc(Pc2ccc(C)cc2-c2ccccc2-c2ccc(C)c(C)c2-c2cc(C)ccc2Pc2ccc(C)cc2)cc1. The molecular formula is C42H40P2. The lowest BCUT2D eigenvalue weighted by atomic mass is 9.85. The lowest BCUT2D eigenvalue weighted by Crippen LogP contribution is -2.09. The zero-order valence-electron chi connectivity index (χ0n) is 26.5. The Balaban J connectivity index is 1.54. The summed E-state index contributed by atoms with van der Waals surface area (Å²) in [5.41, 5.74) is 15.8. The second-order valence-electron chi connectivity index (χ2n) is 12.1. The van der Waals surface area contributed by atoms with Crippen LogP contribution in [0.1, 0.15) is 33.4 Å². The molecule has 0 aromatic heterocycles. The second kappa shape index (κ2) is 13.0. The lowest BCUT2D eigenvalue weighted by molar-refractivity contribution is 1.34. The molecule has 0 heterocycles. The fraction of sp³-hybridized carbons (Fsp3) is 0.143. The van der Waals surface area contributed by atoms with Gasteiger partial charge in [-0.1, -0.05) is 161 Å². The van der Waals surface area contributed by atoms with Crippen molar-refractivity contribution < 1.29 is 0 Å². The average Bonchev–Trinajstić information content (AvgIpc) is 3.02. The van der Waals surface area contributed by atoms with Crippen LogP contribution in [0, 0.1) is 41.5 Å². The van der Waals surface area contributed by atoms with E-state index in [1.54, 1.807) is 0 Å². The van der Waals surface area contributed by atoms with Gasteiger partial charge in [0.15, 0.2) is 0 Å². The van der Waals surface area contributed by atoms with E-state index in [4.69, 9.17) is 0 Å². The summed E-state index contributed by atoms with van der Waals surface area (Å²) in [7, 11) is 1.19. The molecule has 6 aromatic rings. The van der Waals surface area contributed by atoms with Crippen molar-refractivity contribution >= 4 is 38.4 Å². The molecule has 2 atom stereocenters. The van der Waals surface area contributed by atoms with Gasteiger partial charge in [-0.05, 0) is 107 Å². The topological polar surface area (TPSA) is 0 Å². The van der Waals surface area contributed by atoms with Crippen molar-refractivity contribution in [1.29, 1.82) is 0 Å². The van der Waals surface area contributed by atoms with Gasteiger partial charge in [0.2, 0.25) is 0 Å². The first-order chi connectivity index (χ1) is 21.3. The monoisotopic (exact) mass is 606 g/mol. The average molecular weight is 607 g/mol. The molecule has 0 saturated carbocycles. The third-order valence-electron chi connectivity index (χ3n) is 8.52. The lowest BCUT2D eigenvalue weighted by Gasteiger charge is -2.22. The van der Waals surface area contributed by atoms with Crippen LogP contribution in [0.25, 0.3) is 33.4 Å². The Morgan fingerprint density at radius 3 is 1.36 bits per heavy atom. The van der Waals surface area contributed by atoms with Crippen LogP contribution in [0.4, 0.5) is 0 Å². The molecule has 6 rings (SSSR count). The van der Waals surface area contributed by atoms with E-state index < -0.39 is 0 Å². The van der Waals surface area contributed by atoms with Gasteiger partial charge in [-0.2, -0.15) is 0 Å². The van der Waals surface area contributed by atoms with E-state index in [0.717, 1.165) is 0 Å². The molecular weight excluding hydrogens is 566 g/mol. The number of hydrogen-bond donors (Lipinski definition) is 0. The minimum absolute atomic E-state index is 0.591. The molecule has 0 aliphatic heterocycles. The second-order valence-corrected chi connectivity index (χ2v) is 14.8. The summed E-state index contributed by atoms with van der Waals surface area (Å²) in [6.07, 6.45) is 0. The van der Waals surface area contributed by atoms with E-state index >= 15 is 0 Å². The summed E-state index contributed by atoms with van der Waals surface area (Å²) < 4.78 is 0. The van der Waals surface area contributed by atoms with Crippen LogP contribution in [0.5, 0.6) is 0 Å². The van der Waals surface area contributed by atoms with Gasteiger partial charge in [0.1, 0.15) is 0 Å². The van der Waals surface area contributed by atoms with Gasteiger partial charge < -0.3 is 0 Å². The fourth-order valence-corrected chi connectivity index (χ4v) is 8.18. The Morgan fingerprint density at radius 2 is 0.818 bits per heavy atom. The third-order valence-corrected chi connectivity index (χ3v) is 11.2.